The van der Waals surface area contributed by atoms with Gasteiger partial charge in [0.05, 0.1) is 10.9 Å². The van der Waals surface area contributed by atoms with Crippen molar-refractivity contribution in [3.05, 3.63) is 59.1 Å². The van der Waals surface area contributed by atoms with Gasteiger partial charge in [-0.2, -0.15) is 0 Å². The van der Waals surface area contributed by atoms with Crippen LogP contribution < -0.4 is 10.2 Å². The number of nitrogens with one attached hydrogen (secondary N) is 1. The highest BCUT2D eigenvalue weighted by Gasteiger charge is 2.35. The van der Waals surface area contributed by atoms with E-state index in [1.807, 2.05) is 12.1 Å². The summed E-state index contributed by atoms with van der Waals surface area (Å²) in [4.78, 5) is 30.0. The van der Waals surface area contributed by atoms with E-state index in [2.05, 4.69) is 10.3 Å². The molecule has 1 atom stereocenters. The van der Waals surface area contributed by atoms with Crippen molar-refractivity contribution in [3.8, 4) is 0 Å². The van der Waals surface area contributed by atoms with Crippen LogP contribution in [0.1, 0.15) is 12.0 Å². The van der Waals surface area contributed by atoms with Crippen LogP contribution in [0.3, 0.4) is 0 Å². The van der Waals surface area contributed by atoms with Gasteiger partial charge in [-0.3, -0.25) is 14.6 Å². The number of hydrogen-bond donors (Lipinski definition) is 1. The molecule has 5 nitrogen and oxygen atoms in total. The van der Waals surface area contributed by atoms with Crippen LogP contribution in [0.25, 0.3) is 0 Å². The van der Waals surface area contributed by atoms with Crippen LogP contribution >= 0.6 is 11.6 Å². The summed E-state index contributed by atoms with van der Waals surface area (Å²) in [6.07, 6.45) is 4.26. The highest BCUT2D eigenvalue weighted by Crippen LogP contribution is 2.28. The van der Waals surface area contributed by atoms with Crippen molar-refractivity contribution in [3.63, 3.8) is 0 Å². The molecule has 7 heteroatoms. The van der Waals surface area contributed by atoms with E-state index in [-0.39, 0.29) is 29.8 Å². The molecule has 1 saturated heterocycles. The first kappa shape index (κ1) is 17.4. The third-order valence-electron chi connectivity index (χ3n) is 4.15. The van der Waals surface area contributed by atoms with E-state index in [9.17, 15) is 14.0 Å². The van der Waals surface area contributed by atoms with Crippen LogP contribution in [0.15, 0.2) is 42.7 Å². The van der Waals surface area contributed by atoms with Crippen molar-refractivity contribution in [2.75, 3.05) is 18.0 Å². The number of aromatic nitrogens is 1. The van der Waals surface area contributed by atoms with E-state index >= 15 is 0 Å². The van der Waals surface area contributed by atoms with Crippen molar-refractivity contribution in [1.82, 2.24) is 10.3 Å². The summed E-state index contributed by atoms with van der Waals surface area (Å²) >= 11 is 5.77. The Morgan fingerprint density at radius 3 is 2.96 bits per heavy atom. The third kappa shape index (κ3) is 4.14. The minimum atomic E-state index is -0.540. The number of halogens is 2. The van der Waals surface area contributed by atoms with E-state index in [0.717, 1.165) is 5.56 Å². The molecule has 1 fully saturated rings. The Kier molecular flexibility index (Phi) is 5.28. The normalized spacial score (nSPS) is 17.0. The number of amides is 2. The quantitative estimate of drug-likeness (QED) is 0.890. The second kappa shape index (κ2) is 7.61. The maximum atomic E-state index is 13.3. The molecule has 3 rings (SSSR count). The van der Waals surface area contributed by atoms with E-state index in [1.165, 1.54) is 23.1 Å². The molecule has 130 valence electrons. The summed E-state index contributed by atoms with van der Waals surface area (Å²) < 4.78 is 13.3. The molecule has 0 spiro atoms. The fourth-order valence-electron chi connectivity index (χ4n) is 2.81. The van der Waals surface area contributed by atoms with Crippen molar-refractivity contribution in [2.24, 2.45) is 5.92 Å². The molecule has 2 aromatic rings. The van der Waals surface area contributed by atoms with Crippen molar-refractivity contribution in [2.45, 2.75) is 12.8 Å². The standard InChI is InChI=1S/C18H17ClFN3O2/c19-15-9-14(3-4-16(15)20)23-11-13(8-17(23)24)18(25)22-7-5-12-2-1-6-21-10-12/h1-4,6,9-10,13H,5,7-8,11H2,(H,22,25)/t13-/m1/s1. The van der Waals surface area contributed by atoms with Crippen molar-refractivity contribution < 1.29 is 14.0 Å². The predicted octanol–water partition coefficient (Wildman–Crippen LogP) is 2.59. The lowest BCUT2D eigenvalue weighted by Gasteiger charge is -2.17. The lowest BCUT2D eigenvalue weighted by molar-refractivity contribution is -0.126. The molecular formula is C18H17ClFN3O2. The van der Waals surface area contributed by atoms with E-state index in [1.54, 1.807) is 12.4 Å². The number of carbonyl (C=O) groups excluding carboxylic acids is 2. The molecular weight excluding hydrogens is 345 g/mol. The minimum Gasteiger partial charge on any atom is -0.355 e. The van der Waals surface area contributed by atoms with Crippen LogP contribution in [0.4, 0.5) is 10.1 Å². The molecule has 2 heterocycles. The molecule has 25 heavy (non-hydrogen) atoms. The smallest absolute Gasteiger partial charge is 0.227 e. The molecule has 0 aliphatic carbocycles. The topological polar surface area (TPSA) is 62.3 Å². The Morgan fingerprint density at radius 1 is 1.40 bits per heavy atom. The van der Waals surface area contributed by atoms with Gasteiger partial charge >= 0.3 is 0 Å². The van der Waals surface area contributed by atoms with Crippen molar-refractivity contribution in [1.29, 1.82) is 0 Å². The Labute approximate surface area is 149 Å². The van der Waals surface area contributed by atoms with Gasteiger partial charge in [-0.1, -0.05) is 17.7 Å². The van der Waals surface area contributed by atoms with Gasteiger partial charge in [-0.15, -0.1) is 0 Å². The number of benzene rings is 1. The zero-order chi connectivity index (χ0) is 17.8. The Balaban J connectivity index is 1.56. The predicted molar refractivity (Wildman–Crippen MR) is 92.8 cm³/mol. The highest BCUT2D eigenvalue weighted by molar-refractivity contribution is 6.31. The number of pyridine rings is 1. The second-order valence-corrected chi connectivity index (χ2v) is 6.31. The third-order valence-corrected chi connectivity index (χ3v) is 4.44. The summed E-state index contributed by atoms with van der Waals surface area (Å²) in [5, 5.41) is 2.81. The SMILES string of the molecule is O=C(NCCc1cccnc1)[C@@H]1CC(=O)N(c2ccc(F)c(Cl)c2)C1. The first-order chi connectivity index (χ1) is 12.0. The Bertz CT molecular complexity index is 785. The molecule has 0 radical (unpaired) electrons. The first-order valence-corrected chi connectivity index (χ1v) is 8.34. The molecule has 1 aromatic heterocycles. The highest BCUT2D eigenvalue weighted by atomic mass is 35.5. The second-order valence-electron chi connectivity index (χ2n) is 5.91. The molecule has 1 aromatic carbocycles. The average Bonchev–Trinajstić information content (AvgIpc) is 3.00. The van der Waals surface area contributed by atoms with Gasteiger partial charge in [0.1, 0.15) is 5.82 Å². The first-order valence-electron chi connectivity index (χ1n) is 7.96. The zero-order valence-electron chi connectivity index (χ0n) is 13.4. The molecule has 1 N–H and O–H groups in total. The molecule has 0 unspecified atom stereocenters. The van der Waals surface area contributed by atoms with Crippen LogP contribution in [-0.2, 0) is 16.0 Å². The van der Waals surface area contributed by atoms with Gasteiger partial charge in [-0.05, 0) is 36.2 Å². The maximum absolute atomic E-state index is 13.3. The van der Waals surface area contributed by atoms with Crippen LogP contribution in [0, 0.1) is 11.7 Å². The molecule has 1 aliphatic heterocycles. The fourth-order valence-corrected chi connectivity index (χ4v) is 2.98. The fraction of sp³-hybridized carbons (Fsp3) is 0.278. The van der Waals surface area contributed by atoms with E-state index < -0.39 is 11.7 Å². The molecule has 2 amide bonds. The average molecular weight is 362 g/mol. The number of anilines is 1. The van der Waals surface area contributed by atoms with Crippen molar-refractivity contribution >= 4 is 29.1 Å². The van der Waals surface area contributed by atoms with Gasteiger partial charge in [-0.25, -0.2) is 4.39 Å². The lowest BCUT2D eigenvalue weighted by Crippen LogP contribution is -2.34. The largest absolute Gasteiger partial charge is 0.355 e. The summed E-state index contributed by atoms with van der Waals surface area (Å²) in [6, 6.07) is 7.89. The van der Waals surface area contributed by atoms with Gasteiger partial charge in [0, 0.05) is 37.6 Å². The van der Waals surface area contributed by atoms with Crippen LogP contribution in [0.5, 0.6) is 0 Å². The number of carbonyl (C=O) groups is 2. The van der Waals surface area contributed by atoms with E-state index in [0.29, 0.717) is 18.7 Å². The van der Waals surface area contributed by atoms with Crippen LogP contribution in [0.2, 0.25) is 5.02 Å². The summed E-state index contributed by atoms with van der Waals surface area (Å²) in [7, 11) is 0. The number of hydrogen-bond acceptors (Lipinski definition) is 3. The summed E-state index contributed by atoms with van der Waals surface area (Å²) in [5.74, 6) is -1.30. The minimum absolute atomic E-state index is 0.0466. The van der Waals surface area contributed by atoms with Gasteiger partial charge in [0.15, 0.2) is 0 Å². The molecule has 0 saturated carbocycles. The number of rotatable bonds is 5. The van der Waals surface area contributed by atoms with E-state index in [4.69, 9.17) is 11.6 Å². The lowest BCUT2D eigenvalue weighted by atomic mass is 10.1. The maximum Gasteiger partial charge on any atom is 0.227 e. The van der Waals surface area contributed by atoms with Crippen LogP contribution in [-0.4, -0.2) is 29.9 Å². The van der Waals surface area contributed by atoms with Gasteiger partial charge in [0.2, 0.25) is 11.8 Å². The zero-order valence-corrected chi connectivity index (χ0v) is 14.2. The monoisotopic (exact) mass is 361 g/mol. The van der Waals surface area contributed by atoms with Gasteiger partial charge < -0.3 is 10.2 Å². The Hall–Kier alpha value is -2.47. The molecule has 0 bridgehead atoms. The number of nitrogens with zero attached hydrogens (tertiary/aromatic N) is 2. The molecule has 1 aliphatic rings. The summed E-state index contributed by atoms with van der Waals surface area (Å²) in [6.45, 7) is 0.747. The summed E-state index contributed by atoms with van der Waals surface area (Å²) in [5.41, 5.74) is 1.54. The van der Waals surface area contributed by atoms with Gasteiger partial charge in [0.25, 0.3) is 0 Å². The Morgan fingerprint density at radius 2 is 2.24 bits per heavy atom.